The summed E-state index contributed by atoms with van der Waals surface area (Å²) in [7, 11) is 0. The number of ether oxygens (including phenoxy) is 1. The van der Waals surface area contributed by atoms with E-state index in [2.05, 4.69) is 0 Å². The number of hydrogen-bond acceptors (Lipinski definition) is 3. The molecule has 0 bridgehead atoms. The van der Waals surface area contributed by atoms with Crippen LogP contribution in [0, 0.1) is 0 Å². The minimum Gasteiger partial charge on any atom is -0.444 e. The second-order valence-electron chi connectivity index (χ2n) is 7.06. The molecule has 1 fully saturated rings. The molecule has 128 valence electrons. The van der Waals surface area contributed by atoms with Crippen molar-refractivity contribution in [3.05, 3.63) is 35.9 Å². The summed E-state index contributed by atoms with van der Waals surface area (Å²) in [5, 5.41) is 10.0. The van der Waals surface area contributed by atoms with E-state index in [9.17, 15) is 14.3 Å². The molecule has 0 spiro atoms. The zero-order valence-corrected chi connectivity index (χ0v) is 14.0. The molecule has 1 N–H and O–H groups in total. The Morgan fingerprint density at radius 1 is 1.30 bits per heavy atom. The predicted molar refractivity (Wildman–Crippen MR) is 87.0 cm³/mol. The van der Waals surface area contributed by atoms with Gasteiger partial charge in [0, 0.05) is 6.54 Å². The molecule has 1 amide bonds. The van der Waals surface area contributed by atoms with E-state index in [-0.39, 0.29) is 6.42 Å². The first kappa shape index (κ1) is 17.7. The SMILES string of the molecule is CC(C)(C)OC(=O)N(CCc1ccccc1)[C@H]1CCC(F)[C@H]1O. The number of rotatable bonds is 4. The van der Waals surface area contributed by atoms with Crippen LogP contribution in [0.25, 0.3) is 0 Å². The van der Waals surface area contributed by atoms with Crippen molar-refractivity contribution >= 4 is 6.09 Å². The lowest BCUT2D eigenvalue weighted by Gasteiger charge is -2.33. The van der Waals surface area contributed by atoms with E-state index in [0.29, 0.717) is 19.4 Å². The van der Waals surface area contributed by atoms with Gasteiger partial charge >= 0.3 is 6.09 Å². The molecule has 5 heteroatoms. The second kappa shape index (κ2) is 7.30. The van der Waals surface area contributed by atoms with Gasteiger partial charge in [0.15, 0.2) is 0 Å². The van der Waals surface area contributed by atoms with Gasteiger partial charge in [-0.1, -0.05) is 30.3 Å². The Morgan fingerprint density at radius 2 is 1.96 bits per heavy atom. The number of carbonyl (C=O) groups is 1. The molecule has 0 radical (unpaired) electrons. The van der Waals surface area contributed by atoms with Crippen LogP contribution in [0.3, 0.4) is 0 Å². The van der Waals surface area contributed by atoms with Crippen molar-refractivity contribution < 1.29 is 19.0 Å². The largest absolute Gasteiger partial charge is 0.444 e. The first-order valence-electron chi connectivity index (χ1n) is 8.13. The molecule has 0 aromatic heterocycles. The van der Waals surface area contributed by atoms with E-state index >= 15 is 0 Å². The fourth-order valence-electron chi connectivity index (χ4n) is 2.86. The quantitative estimate of drug-likeness (QED) is 0.924. The van der Waals surface area contributed by atoms with Gasteiger partial charge < -0.3 is 14.7 Å². The van der Waals surface area contributed by atoms with Crippen molar-refractivity contribution in [3.63, 3.8) is 0 Å². The van der Waals surface area contributed by atoms with Gasteiger partial charge in [-0.3, -0.25) is 0 Å². The highest BCUT2D eigenvalue weighted by molar-refractivity contribution is 5.68. The molecule has 0 saturated heterocycles. The molecule has 1 aliphatic carbocycles. The van der Waals surface area contributed by atoms with Gasteiger partial charge in [-0.05, 0) is 45.6 Å². The van der Waals surface area contributed by atoms with E-state index in [1.54, 1.807) is 20.8 Å². The lowest BCUT2D eigenvalue weighted by Crippen LogP contribution is -2.48. The summed E-state index contributed by atoms with van der Waals surface area (Å²) in [4.78, 5) is 14.0. The summed E-state index contributed by atoms with van der Waals surface area (Å²) in [6.07, 6.45) is -1.54. The van der Waals surface area contributed by atoms with Crippen molar-refractivity contribution in [1.82, 2.24) is 4.90 Å². The molecule has 1 saturated carbocycles. The Bertz CT molecular complexity index is 515. The maximum atomic E-state index is 13.7. The first-order chi connectivity index (χ1) is 10.8. The summed E-state index contributed by atoms with van der Waals surface area (Å²) < 4.78 is 19.1. The Kier molecular flexibility index (Phi) is 5.63. The molecule has 1 aliphatic rings. The number of aliphatic hydroxyl groups is 1. The first-order valence-corrected chi connectivity index (χ1v) is 8.13. The Hall–Kier alpha value is -1.62. The summed E-state index contributed by atoms with van der Waals surface area (Å²) >= 11 is 0. The highest BCUT2D eigenvalue weighted by Crippen LogP contribution is 2.28. The smallest absolute Gasteiger partial charge is 0.410 e. The van der Waals surface area contributed by atoms with Crippen molar-refractivity contribution in [2.45, 2.75) is 64.0 Å². The predicted octanol–water partition coefficient (Wildman–Crippen LogP) is 3.33. The molecular weight excluding hydrogens is 297 g/mol. The van der Waals surface area contributed by atoms with Crippen LogP contribution in [-0.2, 0) is 11.2 Å². The van der Waals surface area contributed by atoms with Gasteiger partial charge in [0.05, 0.1) is 6.04 Å². The van der Waals surface area contributed by atoms with Crippen LogP contribution in [0.1, 0.15) is 39.2 Å². The molecule has 0 heterocycles. The van der Waals surface area contributed by atoms with Crippen molar-refractivity contribution in [2.24, 2.45) is 0 Å². The van der Waals surface area contributed by atoms with E-state index in [0.717, 1.165) is 5.56 Å². The molecular formula is C18H26FNO3. The van der Waals surface area contributed by atoms with Crippen molar-refractivity contribution in [2.75, 3.05) is 6.54 Å². The fourth-order valence-corrected chi connectivity index (χ4v) is 2.86. The number of nitrogens with zero attached hydrogens (tertiary/aromatic N) is 1. The van der Waals surface area contributed by atoms with Gasteiger partial charge in [-0.25, -0.2) is 9.18 Å². The Balaban J connectivity index is 2.09. The maximum absolute atomic E-state index is 13.7. The average Bonchev–Trinajstić information content (AvgIpc) is 2.79. The van der Waals surface area contributed by atoms with Crippen LogP contribution in [0.15, 0.2) is 30.3 Å². The third-order valence-corrected chi connectivity index (χ3v) is 4.02. The lowest BCUT2D eigenvalue weighted by atomic mass is 10.1. The van der Waals surface area contributed by atoms with Gasteiger partial charge in [0.2, 0.25) is 0 Å². The summed E-state index contributed by atoms with van der Waals surface area (Å²) in [6, 6.07) is 9.25. The number of halogens is 1. The number of hydrogen-bond donors (Lipinski definition) is 1. The summed E-state index contributed by atoms with van der Waals surface area (Å²) in [5.74, 6) is 0. The molecule has 1 unspecified atom stereocenters. The minimum absolute atomic E-state index is 0.274. The Labute approximate surface area is 137 Å². The van der Waals surface area contributed by atoms with Gasteiger partial charge in [-0.15, -0.1) is 0 Å². The van der Waals surface area contributed by atoms with Crippen LogP contribution in [0.5, 0.6) is 0 Å². The minimum atomic E-state index is -1.28. The molecule has 1 aromatic rings. The number of alkyl halides is 1. The topological polar surface area (TPSA) is 49.8 Å². The number of amides is 1. The van der Waals surface area contributed by atoms with E-state index in [1.807, 2.05) is 30.3 Å². The van der Waals surface area contributed by atoms with Gasteiger partial charge in [-0.2, -0.15) is 0 Å². The van der Waals surface area contributed by atoms with Crippen LogP contribution >= 0.6 is 0 Å². The zero-order valence-electron chi connectivity index (χ0n) is 14.0. The molecule has 1 aromatic carbocycles. The van der Waals surface area contributed by atoms with Gasteiger partial charge in [0.1, 0.15) is 17.9 Å². The fraction of sp³-hybridized carbons (Fsp3) is 0.611. The van der Waals surface area contributed by atoms with Crippen LogP contribution < -0.4 is 0 Å². The highest BCUT2D eigenvalue weighted by atomic mass is 19.1. The average molecular weight is 323 g/mol. The number of aliphatic hydroxyl groups excluding tert-OH is 1. The highest BCUT2D eigenvalue weighted by Gasteiger charge is 2.41. The number of carbonyl (C=O) groups excluding carboxylic acids is 1. The summed E-state index contributed by atoms with van der Waals surface area (Å²) in [6.45, 7) is 5.78. The molecule has 3 atom stereocenters. The molecule has 0 aliphatic heterocycles. The monoisotopic (exact) mass is 323 g/mol. The lowest BCUT2D eigenvalue weighted by molar-refractivity contribution is -0.00753. The van der Waals surface area contributed by atoms with Crippen molar-refractivity contribution in [3.8, 4) is 0 Å². The zero-order chi connectivity index (χ0) is 17.0. The summed E-state index contributed by atoms with van der Waals surface area (Å²) in [5.41, 5.74) is 0.464. The normalized spacial score (nSPS) is 24.5. The number of benzene rings is 1. The van der Waals surface area contributed by atoms with Gasteiger partial charge in [0.25, 0.3) is 0 Å². The third-order valence-electron chi connectivity index (χ3n) is 4.02. The van der Waals surface area contributed by atoms with Crippen LogP contribution in [0.4, 0.5) is 9.18 Å². The Morgan fingerprint density at radius 3 is 2.48 bits per heavy atom. The van der Waals surface area contributed by atoms with E-state index < -0.39 is 30.0 Å². The standard InChI is InChI=1S/C18H26FNO3/c1-18(2,3)23-17(22)20(15-10-9-14(19)16(15)21)12-11-13-7-5-4-6-8-13/h4-8,14-16,21H,9-12H2,1-3H3/t14?,15-,16+/m0/s1. The molecule has 4 nitrogen and oxygen atoms in total. The molecule has 23 heavy (non-hydrogen) atoms. The van der Waals surface area contributed by atoms with Crippen LogP contribution in [-0.4, -0.2) is 46.6 Å². The second-order valence-corrected chi connectivity index (χ2v) is 7.06. The van der Waals surface area contributed by atoms with E-state index in [1.165, 1.54) is 4.90 Å². The van der Waals surface area contributed by atoms with Crippen molar-refractivity contribution in [1.29, 1.82) is 0 Å². The third kappa shape index (κ3) is 4.93. The van der Waals surface area contributed by atoms with E-state index in [4.69, 9.17) is 4.74 Å². The van der Waals surface area contributed by atoms with Crippen LogP contribution in [0.2, 0.25) is 0 Å². The maximum Gasteiger partial charge on any atom is 0.410 e. The molecule has 2 rings (SSSR count).